The Balaban J connectivity index is 2.30. The first-order valence-electron chi connectivity index (χ1n) is 6.31. The second-order valence-electron chi connectivity index (χ2n) is 5.02. The fourth-order valence-corrected chi connectivity index (χ4v) is 3.44. The number of nitriles is 1. The van der Waals surface area contributed by atoms with E-state index in [9.17, 15) is 0 Å². The SMILES string of the molecule is CC(C)c1nc(N2CCCCC2C)sc1C#N. The number of hydrogen-bond acceptors (Lipinski definition) is 4. The minimum absolute atomic E-state index is 0.328. The predicted octanol–water partition coefficient (Wildman–Crippen LogP) is 3.52. The summed E-state index contributed by atoms with van der Waals surface area (Å²) in [5.41, 5.74) is 0.963. The third-order valence-corrected chi connectivity index (χ3v) is 4.35. The topological polar surface area (TPSA) is 39.9 Å². The van der Waals surface area contributed by atoms with Gasteiger partial charge in [0.15, 0.2) is 5.13 Å². The van der Waals surface area contributed by atoms with Crippen molar-refractivity contribution in [2.24, 2.45) is 0 Å². The van der Waals surface area contributed by atoms with Crippen LogP contribution in [0.2, 0.25) is 0 Å². The van der Waals surface area contributed by atoms with Gasteiger partial charge in [0.05, 0.1) is 5.69 Å². The van der Waals surface area contributed by atoms with Crippen LogP contribution < -0.4 is 4.90 Å². The molecule has 17 heavy (non-hydrogen) atoms. The van der Waals surface area contributed by atoms with Crippen molar-refractivity contribution in [1.82, 2.24) is 4.98 Å². The van der Waals surface area contributed by atoms with E-state index in [-0.39, 0.29) is 0 Å². The van der Waals surface area contributed by atoms with Gasteiger partial charge in [-0.25, -0.2) is 4.98 Å². The molecule has 0 aromatic carbocycles. The normalized spacial score (nSPS) is 20.6. The summed E-state index contributed by atoms with van der Waals surface area (Å²) in [6.07, 6.45) is 3.78. The van der Waals surface area contributed by atoms with Gasteiger partial charge in [0.1, 0.15) is 10.9 Å². The van der Waals surface area contributed by atoms with Crippen molar-refractivity contribution in [2.75, 3.05) is 11.4 Å². The molecule has 1 atom stereocenters. The molecule has 1 fully saturated rings. The van der Waals surface area contributed by atoms with E-state index in [1.54, 1.807) is 11.3 Å². The van der Waals surface area contributed by atoms with E-state index in [1.807, 2.05) is 0 Å². The predicted molar refractivity (Wildman–Crippen MR) is 71.6 cm³/mol. The molecule has 2 heterocycles. The lowest BCUT2D eigenvalue weighted by Gasteiger charge is -2.33. The molecule has 0 N–H and O–H groups in total. The Kier molecular flexibility index (Phi) is 3.68. The van der Waals surface area contributed by atoms with E-state index < -0.39 is 0 Å². The summed E-state index contributed by atoms with van der Waals surface area (Å²) < 4.78 is 0. The van der Waals surface area contributed by atoms with Crippen LogP contribution in [0.4, 0.5) is 5.13 Å². The largest absolute Gasteiger partial charge is 0.345 e. The van der Waals surface area contributed by atoms with Gasteiger partial charge in [-0.2, -0.15) is 5.26 Å². The summed E-state index contributed by atoms with van der Waals surface area (Å²) in [7, 11) is 0. The quantitative estimate of drug-likeness (QED) is 0.805. The number of nitrogens with zero attached hydrogens (tertiary/aromatic N) is 3. The van der Waals surface area contributed by atoms with Crippen LogP contribution in [0, 0.1) is 11.3 Å². The van der Waals surface area contributed by atoms with Crippen molar-refractivity contribution in [2.45, 2.75) is 52.0 Å². The highest BCUT2D eigenvalue weighted by atomic mass is 32.1. The Morgan fingerprint density at radius 3 is 2.76 bits per heavy atom. The Morgan fingerprint density at radius 2 is 2.24 bits per heavy atom. The van der Waals surface area contributed by atoms with E-state index in [0.29, 0.717) is 12.0 Å². The second kappa shape index (κ2) is 5.05. The molecule has 1 aliphatic heterocycles. The van der Waals surface area contributed by atoms with E-state index in [1.165, 1.54) is 19.3 Å². The molecule has 0 amide bonds. The molecule has 0 saturated carbocycles. The summed E-state index contributed by atoms with van der Waals surface area (Å²) in [4.78, 5) is 7.82. The van der Waals surface area contributed by atoms with Gasteiger partial charge < -0.3 is 4.90 Å². The third-order valence-electron chi connectivity index (χ3n) is 3.34. The van der Waals surface area contributed by atoms with Gasteiger partial charge in [0, 0.05) is 12.6 Å². The molecule has 0 spiro atoms. The molecule has 1 unspecified atom stereocenters. The van der Waals surface area contributed by atoms with E-state index in [4.69, 9.17) is 5.26 Å². The maximum atomic E-state index is 9.15. The van der Waals surface area contributed by atoms with Crippen LogP contribution in [-0.4, -0.2) is 17.6 Å². The number of hydrogen-bond donors (Lipinski definition) is 0. The summed E-state index contributed by atoms with van der Waals surface area (Å²) in [6, 6.07) is 2.84. The smallest absolute Gasteiger partial charge is 0.187 e. The monoisotopic (exact) mass is 249 g/mol. The van der Waals surface area contributed by atoms with E-state index >= 15 is 0 Å². The molecule has 2 rings (SSSR count). The number of anilines is 1. The maximum absolute atomic E-state index is 9.15. The number of thiazole rings is 1. The van der Waals surface area contributed by atoms with Gasteiger partial charge in [-0.05, 0) is 32.1 Å². The zero-order valence-corrected chi connectivity index (χ0v) is 11.5. The number of rotatable bonds is 2. The van der Waals surface area contributed by atoms with Crippen molar-refractivity contribution in [3.05, 3.63) is 10.6 Å². The van der Waals surface area contributed by atoms with Gasteiger partial charge in [-0.1, -0.05) is 25.2 Å². The Hall–Kier alpha value is -1.08. The number of piperidine rings is 1. The highest BCUT2D eigenvalue weighted by Gasteiger charge is 2.23. The molecule has 1 saturated heterocycles. The minimum atomic E-state index is 0.328. The van der Waals surface area contributed by atoms with Crippen LogP contribution in [0.1, 0.15) is 56.5 Å². The molecule has 3 nitrogen and oxygen atoms in total. The Labute approximate surface area is 107 Å². The number of aromatic nitrogens is 1. The van der Waals surface area contributed by atoms with Crippen LogP contribution in [-0.2, 0) is 0 Å². The van der Waals surface area contributed by atoms with Gasteiger partial charge in [-0.15, -0.1) is 0 Å². The van der Waals surface area contributed by atoms with E-state index in [0.717, 1.165) is 22.2 Å². The Bertz CT molecular complexity index is 430. The van der Waals surface area contributed by atoms with Gasteiger partial charge in [-0.3, -0.25) is 0 Å². The zero-order chi connectivity index (χ0) is 12.4. The molecule has 0 bridgehead atoms. The first-order valence-corrected chi connectivity index (χ1v) is 7.12. The summed E-state index contributed by atoms with van der Waals surface area (Å²) >= 11 is 1.55. The molecule has 0 aliphatic carbocycles. The maximum Gasteiger partial charge on any atom is 0.187 e. The van der Waals surface area contributed by atoms with Crippen molar-refractivity contribution in [3.63, 3.8) is 0 Å². The zero-order valence-electron chi connectivity index (χ0n) is 10.7. The van der Waals surface area contributed by atoms with Crippen LogP contribution >= 0.6 is 11.3 Å². The minimum Gasteiger partial charge on any atom is -0.345 e. The summed E-state index contributed by atoms with van der Waals surface area (Å²) in [5, 5.41) is 10.2. The fourth-order valence-electron chi connectivity index (χ4n) is 2.30. The molecule has 1 aliphatic rings. The molecule has 1 aromatic rings. The third kappa shape index (κ3) is 2.44. The lowest BCUT2D eigenvalue weighted by molar-refractivity contribution is 0.483. The van der Waals surface area contributed by atoms with Crippen LogP contribution in [0.5, 0.6) is 0 Å². The standard InChI is InChI=1S/C13H19N3S/c1-9(2)12-11(8-14)17-13(15-12)16-7-5-4-6-10(16)3/h9-10H,4-7H2,1-3H3. The molecule has 1 aromatic heterocycles. The van der Waals surface area contributed by atoms with Crippen molar-refractivity contribution in [3.8, 4) is 6.07 Å². The molecule has 92 valence electrons. The van der Waals surface area contributed by atoms with Crippen molar-refractivity contribution < 1.29 is 0 Å². The first kappa shape index (κ1) is 12.4. The van der Waals surface area contributed by atoms with Crippen molar-refractivity contribution in [1.29, 1.82) is 5.26 Å². The first-order chi connectivity index (χ1) is 8.13. The Morgan fingerprint density at radius 1 is 1.47 bits per heavy atom. The van der Waals surface area contributed by atoms with Gasteiger partial charge in [0.2, 0.25) is 0 Å². The highest BCUT2D eigenvalue weighted by molar-refractivity contribution is 7.16. The van der Waals surface area contributed by atoms with Crippen molar-refractivity contribution >= 4 is 16.5 Å². The molecular weight excluding hydrogens is 230 g/mol. The van der Waals surface area contributed by atoms with Crippen LogP contribution in [0.25, 0.3) is 0 Å². The molecular formula is C13H19N3S. The average molecular weight is 249 g/mol. The van der Waals surface area contributed by atoms with E-state index in [2.05, 4.69) is 36.7 Å². The molecule has 0 radical (unpaired) electrons. The summed E-state index contributed by atoms with van der Waals surface area (Å²) in [5.74, 6) is 0.328. The van der Waals surface area contributed by atoms with Gasteiger partial charge >= 0.3 is 0 Å². The average Bonchev–Trinajstić information content (AvgIpc) is 2.73. The van der Waals surface area contributed by atoms with Gasteiger partial charge in [0.25, 0.3) is 0 Å². The summed E-state index contributed by atoms with van der Waals surface area (Å²) in [6.45, 7) is 7.53. The lowest BCUT2D eigenvalue weighted by atomic mass is 10.0. The fraction of sp³-hybridized carbons (Fsp3) is 0.692. The second-order valence-corrected chi connectivity index (χ2v) is 5.99. The highest BCUT2D eigenvalue weighted by Crippen LogP contribution is 2.33. The van der Waals surface area contributed by atoms with Crippen LogP contribution in [0.15, 0.2) is 0 Å². The molecule has 4 heteroatoms. The lowest BCUT2D eigenvalue weighted by Crippen LogP contribution is -2.37. The van der Waals surface area contributed by atoms with Crippen LogP contribution in [0.3, 0.4) is 0 Å².